The van der Waals surface area contributed by atoms with Crippen LogP contribution in [0.1, 0.15) is 17.1 Å². The minimum atomic E-state index is -0.429. The van der Waals surface area contributed by atoms with Gasteiger partial charge in [-0.1, -0.05) is 0 Å². The Morgan fingerprint density at radius 2 is 2.05 bits per heavy atom. The van der Waals surface area contributed by atoms with E-state index in [0.29, 0.717) is 23.8 Å². The standard InChI is InChI=1S/C13H15FN4O/c1-8-12(14)13(18-9(2)17-8)16-6-10-4-11(19-3)7-15-5-10/h4-5,7H,6H2,1-3H3,(H,16,17,18). The summed E-state index contributed by atoms with van der Waals surface area (Å²) in [5, 5.41) is 2.94. The van der Waals surface area contributed by atoms with Crippen LogP contribution in [0.5, 0.6) is 5.75 Å². The molecule has 2 aromatic rings. The highest BCUT2D eigenvalue weighted by Gasteiger charge is 2.09. The number of hydrogen-bond acceptors (Lipinski definition) is 5. The Hall–Kier alpha value is -2.24. The monoisotopic (exact) mass is 262 g/mol. The maximum atomic E-state index is 13.8. The van der Waals surface area contributed by atoms with Gasteiger partial charge < -0.3 is 10.1 Å². The molecule has 0 aliphatic heterocycles. The lowest BCUT2D eigenvalue weighted by Crippen LogP contribution is -2.08. The summed E-state index contributed by atoms with van der Waals surface area (Å²) in [4.78, 5) is 12.0. The lowest BCUT2D eigenvalue weighted by Gasteiger charge is -2.09. The number of halogens is 1. The van der Waals surface area contributed by atoms with Crippen LogP contribution in [0.15, 0.2) is 18.5 Å². The van der Waals surface area contributed by atoms with E-state index in [-0.39, 0.29) is 5.82 Å². The van der Waals surface area contributed by atoms with Crippen LogP contribution in [0, 0.1) is 19.7 Å². The molecule has 0 spiro atoms. The lowest BCUT2D eigenvalue weighted by atomic mass is 10.2. The number of aryl methyl sites for hydroxylation is 2. The van der Waals surface area contributed by atoms with Crippen LogP contribution < -0.4 is 10.1 Å². The lowest BCUT2D eigenvalue weighted by molar-refractivity contribution is 0.412. The Morgan fingerprint density at radius 1 is 1.26 bits per heavy atom. The number of aromatic nitrogens is 3. The molecule has 0 amide bonds. The molecule has 0 saturated heterocycles. The number of ether oxygens (including phenoxy) is 1. The predicted octanol–water partition coefficient (Wildman–Crippen LogP) is 2.25. The molecule has 0 fully saturated rings. The maximum absolute atomic E-state index is 13.8. The Balaban J connectivity index is 2.14. The molecule has 2 aromatic heterocycles. The first-order valence-corrected chi connectivity index (χ1v) is 5.82. The summed E-state index contributed by atoms with van der Waals surface area (Å²) >= 11 is 0. The first-order chi connectivity index (χ1) is 9.10. The van der Waals surface area contributed by atoms with Gasteiger partial charge in [0.25, 0.3) is 0 Å². The summed E-state index contributed by atoms with van der Waals surface area (Å²) in [5.74, 6) is 0.967. The number of hydrogen-bond donors (Lipinski definition) is 1. The summed E-state index contributed by atoms with van der Waals surface area (Å²) < 4.78 is 18.9. The Bertz CT molecular complexity index is 589. The Kier molecular flexibility index (Phi) is 3.89. The SMILES string of the molecule is COc1cncc(CNc2nc(C)nc(C)c2F)c1. The van der Waals surface area contributed by atoms with E-state index < -0.39 is 5.82 Å². The zero-order valence-corrected chi connectivity index (χ0v) is 11.1. The van der Waals surface area contributed by atoms with Crippen LogP contribution in [0.2, 0.25) is 0 Å². The van der Waals surface area contributed by atoms with E-state index in [4.69, 9.17) is 4.74 Å². The zero-order valence-electron chi connectivity index (χ0n) is 11.1. The van der Waals surface area contributed by atoms with Crippen LogP contribution in [0.3, 0.4) is 0 Å². The third-order valence-corrected chi connectivity index (χ3v) is 2.59. The molecule has 0 unspecified atom stereocenters. The van der Waals surface area contributed by atoms with E-state index in [1.165, 1.54) is 0 Å². The number of anilines is 1. The van der Waals surface area contributed by atoms with Gasteiger partial charge in [-0.2, -0.15) is 0 Å². The van der Waals surface area contributed by atoms with Gasteiger partial charge in [-0.3, -0.25) is 4.98 Å². The highest BCUT2D eigenvalue weighted by atomic mass is 19.1. The van der Waals surface area contributed by atoms with Crippen molar-refractivity contribution < 1.29 is 9.13 Å². The van der Waals surface area contributed by atoms with Crippen LogP contribution in [0.4, 0.5) is 10.2 Å². The predicted molar refractivity (Wildman–Crippen MR) is 69.6 cm³/mol. The van der Waals surface area contributed by atoms with Gasteiger partial charge in [0, 0.05) is 12.7 Å². The summed E-state index contributed by atoms with van der Waals surface area (Å²) in [5.41, 5.74) is 1.21. The topological polar surface area (TPSA) is 59.9 Å². The molecule has 0 radical (unpaired) electrons. The molecule has 0 aliphatic carbocycles. The number of nitrogens with one attached hydrogen (secondary N) is 1. The van der Waals surface area contributed by atoms with E-state index in [1.807, 2.05) is 6.07 Å². The summed E-state index contributed by atoms with van der Waals surface area (Å²) in [6.07, 6.45) is 3.30. The molecule has 2 heterocycles. The second-order valence-electron chi connectivity index (χ2n) is 4.11. The molecule has 100 valence electrons. The van der Waals surface area contributed by atoms with Crippen molar-refractivity contribution in [2.24, 2.45) is 0 Å². The van der Waals surface area contributed by atoms with E-state index in [9.17, 15) is 4.39 Å². The second-order valence-corrected chi connectivity index (χ2v) is 4.11. The van der Waals surface area contributed by atoms with Crippen molar-refractivity contribution in [3.63, 3.8) is 0 Å². The summed E-state index contributed by atoms with van der Waals surface area (Å²) in [6.45, 7) is 3.75. The van der Waals surface area contributed by atoms with Gasteiger partial charge in [-0.15, -0.1) is 0 Å². The van der Waals surface area contributed by atoms with Crippen LogP contribution in [0.25, 0.3) is 0 Å². The van der Waals surface area contributed by atoms with Crippen LogP contribution in [-0.2, 0) is 6.54 Å². The first-order valence-electron chi connectivity index (χ1n) is 5.82. The Labute approximate surface area is 110 Å². The van der Waals surface area contributed by atoms with Gasteiger partial charge in [-0.25, -0.2) is 14.4 Å². The molecule has 5 nitrogen and oxygen atoms in total. The molecule has 0 aromatic carbocycles. The average molecular weight is 262 g/mol. The molecule has 0 atom stereocenters. The molecule has 1 N–H and O–H groups in total. The fraction of sp³-hybridized carbons (Fsp3) is 0.308. The van der Waals surface area contributed by atoms with Crippen molar-refractivity contribution in [1.29, 1.82) is 0 Å². The highest BCUT2D eigenvalue weighted by Crippen LogP contribution is 2.16. The number of nitrogens with zero attached hydrogens (tertiary/aromatic N) is 3. The van der Waals surface area contributed by atoms with Gasteiger partial charge >= 0.3 is 0 Å². The second kappa shape index (κ2) is 5.60. The molecule has 0 saturated carbocycles. The molecule has 2 rings (SSSR count). The molecular formula is C13H15FN4O. The van der Waals surface area contributed by atoms with E-state index in [2.05, 4.69) is 20.3 Å². The molecule has 0 bridgehead atoms. The average Bonchev–Trinajstić information content (AvgIpc) is 2.41. The van der Waals surface area contributed by atoms with Gasteiger partial charge in [0.1, 0.15) is 11.6 Å². The van der Waals surface area contributed by atoms with Crippen molar-refractivity contribution in [1.82, 2.24) is 15.0 Å². The maximum Gasteiger partial charge on any atom is 0.186 e. The summed E-state index contributed by atoms with van der Waals surface area (Å²) in [7, 11) is 1.57. The number of rotatable bonds is 4. The number of pyridine rings is 1. The third kappa shape index (κ3) is 3.15. The highest BCUT2D eigenvalue weighted by molar-refractivity contribution is 5.39. The smallest absolute Gasteiger partial charge is 0.186 e. The molecular weight excluding hydrogens is 247 g/mol. The quantitative estimate of drug-likeness (QED) is 0.915. The largest absolute Gasteiger partial charge is 0.495 e. The van der Waals surface area contributed by atoms with E-state index >= 15 is 0 Å². The molecule has 0 aliphatic rings. The molecule has 6 heteroatoms. The minimum absolute atomic E-state index is 0.202. The van der Waals surface area contributed by atoms with E-state index in [1.54, 1.807) is 33.4 Å². The fourth-order valence-electron chi connectivity index (χ4n) is 1.67. The van der Waals surface area contributed by atoms with Gasteiger partial charge in [-0.05, 0) is 25.5 Å². The van der Waals surface area contributed by atoms with Crippen molar-refractivity contribution in [3.05, 3.63) is 41.4 Å². The number of methoxy groups -OCH3 is 1. The van der Waals surface area contributed by atoms with E-state index in [0.717, 1.165) is 5.56 Å². The first kappa shape index (κ1) is 13.2. The van der Waals surface area contributed by atoms with Gasteiger partial charge in [0.05, 0.1) is 19.0 Å². The van der Waals surface area contributed by atoms with Crippen LogP contribution in [-0.4, -0.2) is 22.1 Å². The Morgan fingerprint density at radius 3 is 2.79 bits per heavy atom. The van der Waals surface area contributed by atoms with Crippen molar-refractivity contribution in [2.75, 3.05) is 12.4 Å². The van der Waals surface area contributed by atoms with Gasteiger partial charge in [0.2, 0.25) is 0 Å². The fourth-order valence-corrected chi connectivity index (χ4v) is 1.67. The van der Waals surface area contributed by atoms with Crippen LogP contribution >= 0.6 is 0 Å². The summed E-state index contributed by atoms with van der Waals surface area (Å²) in [6, 6.07) is 1.83. The minimum Gasteiger partial charge on any atom is -0.495 e. The molecule has 19 heavy (non-hydrogen) atoms. The normalized spacial score (nSPS) is 10.3. The van der Waals surface area contributed by atoms with Crippen molar-refractivity contribution in [2.45, 2.75) is 20.4 Å². The van der Waals surface area contributed by atoms with Gasteiger partial charge in [0.15, 0.2) is 11.6 Å². The zero-order chi connectivity index (χ0) is 13.8. The van der Waals surface area contributed by atoms with Crippen molar-refractivity contribution >= 4 is 5.82 Å². The van der Waals surface area contributed by atoms with Crippen molar-refractivity contribution in [3.8, 4) is 5.75 Å². The third-order valence-electron chi connectivity index (χ3n) is 2.59.